The molecule has 0 saturated carbocycles. The van der Waals surface area contributed by atoms with Crippen molar-refractivity contribution in [3.05, 3.63) is 52.1 Å². The van der Waals surface area contributed by atoms with Gasteiger partial charge in [-0.1, -0.05) is 17.8 Å². The zero-order valence-corrected chi connectivity index (χ0v) is 38.3. The van der Waals surface area contributed by atoms with E-state index in [0.717, 1.165) is 5.69 Å². The van der Waals surface area contributed by atoms with Crippen LogP contribution in [0.2, 0.25) is 0 Å². The number of aromatic nitrogens is 4. The number of rotatable bonds is 39. The smallest absolute Gasteiger partial charge is 0.280 e. The number of amides is 3. The highest BCUT2D eigenvalue weighted by Gasteiger charge is 2.33. The van der Waals surface area contributed by atoms with E-state index in [9.17, 15) is 19.2 Å². The second-order valence-electron chi connectivity index (χ2n) is 14.5. The molecule has 22 nitrogen and oxygen atoms in total. The van der Waals surface area contributed by atoms with Gasteiger partial charge in [0.05, 0.1) is 118 Å². The molecule has 0 radical (unpaired) electrons. The summed E-state index contributed by atoms with van der Waals surface area (Å²) in [6.45, 7) is 5.47. The summed E-state index contributed by atoms with van der Waals surface area (Å²) in [6, 6.07) is 6.86. The summed E-state index contributed by atoms with van der Waals surface area (Å²) < 4.78 is 49.5. The highest BCUT2D eigenvalue weighted by molar-refractivity contribution is 5.94. The first-order chi connectivity index (χ1) is 33.2. The lowest BCUT2D eigenvalue weighted by molar-refractivity contribution is -0.128. The Labute approximate surface area is 396 Å². The zero-order chi connectivity index (χ0) is 48.9. The molecule has 0 atom stereocenters. The summed E-state index contributed by atoms with van der Waals surface area (Å²) >= 11 is 0. The van der Waals surface area contributed by atoms with Crippen LogP contribution in [-0.4, -0.2) is 175 Å². The Morgan fingerprint density at radius 1 is 0.647 bits per heavy atom. The van der Waals surface area contributed by atoms with Gasteiger partial charge in [0, 0.05) is 37.2 Å². The number of nitrogens with zero attached hydrogens (tertiary/aromatic N) is 3. The molecule has 0 aliphatic rings. The van der Waals surface area contributed by atoms with Crippen LogP contribution in [0.3, 0.4) is 0 Å². The number of nitrogen functional groups attached to an aromatic ring is 1. The van der Waals surface area contributed by atoms with Crippen molar-refractivity contribution in [3.63, 3.8) is 0 Å². The average molecular weight is 950 g/mol. The van der Waals surface area contributed by atoms with Crippen LogP contribution in [0, 0.1) is 37.0 Å². The molecule has 3 rings (SSSR count). The molecule has 0 aliphatic carbocycles. The van der Waals surface area contributed by atoms with E-state index in [0.29, 0.717) is 110 Å². The number of hydrogen-bond donors (Lipinski definition) is 6. The Bertz CT molecular complexity index is 2070. The molecule has 0 spiro atoms. The Morgan fingerprint density at radius 2 is 1.18 bits per heavy atom. The maximum Gasteiger partial charge on any atom is 0.280 e. The van der Waals surface area contributed by atoms with Crippen molar-refractivity contribution >= 4 is 40.5 Å². The van der Waals surface area contributed by atoms with Crippen LogP contribution in [-0.2, 0) is 58.8 Å². The van der Waals surface area contributed by atoms with Gasteiger partial charge in [-0.3, -0.25) is 24.2 Å². The average Bonchev–Trinajstić information content (AvgIpc) is 3.33. The van der Waals surface area contributed by atoms with Crippen LogP contribution in [0.5, 0.6) is 0 Å². The number of benzene rings is 1. The molecule has 2 heterocycles. The summed E-state index contributed by atoms with van der Waals surface area (Å²) in [5, 5.41) is 11.7. The summed E-state index contributed by atoms with van der Waals surface area (Å²) in [4.78, 5) is 64.3. The number of H-pyrrole nitrogens is 1. The fraction of sp³-hybridized carbons (Fsp3) is 0.543. The molecule has 22 heteroatoms. The monoisotopic (exact) mass is 949 g/mol. The predicted molar refractivity (Wildman–Crippen MR) is 250 cm³/mol. The minimum absolute atomic E-state index is 0.0310. The van der Waals surface area contributed by atoms with Crippen molar-refractivity contribution < 1.29 is 57.0 Å². The van der Waals surface area contributed by atoms with Crippen molar-refractivity contribution in [2.75, 3.05) is 143 Å². The normalized spacial score (nSPS) is 11.1. The third-order valence-corrected chi connectivity index (χ3v) is 8.97. The Morgan fingerprint density at radius 3 is 1.72 bits per heavy atom. The summed E-state index contributed by atoms with van der Waals surface area (Å²) in [7, 11) is 0. The maximum atomic E-state index is 12.7. The molecule has 0 bridgehead atoms. The maximum absolute atomic E-state index is 12.7. The highest BCUT2D eigenvalue weighted by atomic mass is 16.6. The van der Waals surface area contributed by atoms with Crippen LogP contribution in [0.15, 0.2) is 35.3 Å². The number of aromatic amines is 1. The molecular weight excluding hydrogens is 887 g/mol. The van der Waals surface area contributed by atoms with E-state index in [1.54, 1.807) is 24.3 Å². The molecule has 0 saturated heterocycles. The minimum atomic E-state index is -1.04. The number of anilines is 2. The van der Waals surface area contributed by atoms with Gasteiger partial charge < -0.3 is 69.6 Å². The first-order valence-electron chi connectivity index (χ1n) is 21.9. The van der Waals surface area contributed by atoms with Crippen LogP contribution in [0.4, 0.5) is 11.6 Å². The van der Waals surface area contributed by atoms with E-state index < -0.39 is 11.1 Å². The summed E-state index contributed by atoms with van der Waals surface area (Å²) in [5.74, 6) is 6.42. The Kier molecular flexibility index (Phi) is 28.9. The third-order valence-electron chi connectivity index (χ3n) is 8.97. The largest absolute Gasteiger partial charge is 0.379 e. The standard InChI is InChI=1S/C46H63N9O13/c1-4-16-66-33-46(34-67-17-5-2,35-68-18-6-3)55-40(57)13-19-60-21-23-62-25-27-64-29-30-65-28-26-63-24-22-61-20-15-48-39(56)8-7-14-49-43(58)36-9-11-37(12-10-36)50-31-38-32-51-42-41(52-38)44(59)54-45(47)53-42/h1-3,9-12,32,50H,7-8,13-31,33-35H2,(H,48,56)(H,49,58)(H,55,57)(H3,47,51,53,54,59). The molecule has 7 N–H and O–H groups in total. The van der Waals surface area contributed by atoms with Gasteiger partial charge in [-0.05, 0) is 30.7 Å². The van der Waals surface area contributed by atoms with Crippen LogP contribution < -0.4 is 32.6 Å². The SMILES string of the molecule is C#CCOCC(COCC#C)(COCC#C)NC(=O)CCOCCOCCOCCOCCOCCOCCNC(=O)CCCNC(=O)c1ccc(NCc2cnc3nc(N)[nH]c(=O)c3n2)cc1. The van der Waals surface area contributed by atoms with Crippen molar-refractivity contribution in [2.24, 2.45) is 0 Å². The highest BCUT2D eigenvalue weighted by Crippen LogP contribution is 2.13. The second kappa shape index (κ2) is 35.0. The number of carbonyl (C=O) groups excluding carboxylic acids is 3. The van der Waals surface area contributed by atoms with Gasteiger partial charge in [0.1, 0.15) is 25.4 Å². The molecule has 0 aliphatic heterocycles. The predicted octanol–water partition coefficient (Wildman–Crippen LogP) is -0.172. The van der Waals surface area contributed by atoms with E-state index in [2.05, 4.69) is 59.0 Å². The molecule has 1 aromatic carbocycles. The lowest BCUT2D eigenvalue weighted by Gasteiger charge is -2.33. The van der Waals surface area contributed by atoms with Crippen molar-refractivity contribution in [2.45, 2.75) is 31.3 Å². The van der Waals surface area contributed by atoms with Gasteiger partial charge in [0.15, 0.2) is 11.2 Å². The van der Waals surface area contributed by atoms with Gasteiger partial charge in [0.25, 0.3) is 11.5 Å². The van der Waals surface area contributed by atoms with Crippen LogP contribution in [0.25, 0.3) is 11.2 Å². The van der Waals surface area contributed by atoms with Crippen molar-refractivity contribution in [1.82, 2.24) is 35.9 Å². The number of fused-ring (bicyclic) bond motifs is 1. The number of nitrogens with one attached hydrogen (secondary N) is 5. The Balaban J connectivity index is 1.07. The number of carbonyl (C=O) groups is 3. The lowest BCUT2D eigenvalue weighted by Crippen LogP contribution is -2.58. The number of terminal acetylenes is 3. The fourth-order valence-electron chi connectivity index (χ4n) is 5.77. The zero-order valence-electron chi connectivity index (χ0n) is 38.3. The van der Waals surface area contributed by atoms with Crippen molar-refractivity contribution in [1.29, 1.82) is 0 Å². The Hall–Kier alpha value is -6.23. The molecule has 0 unspecified atom stereocenters. The van der Waals surface area contributed by atoms with Crippen LogP contribution >= 0.6 is 0 Å². The van der Waals surface area contributed by atoms with Gasteiger partial charge in [0.2, 0.25) is 17.8 Å². The van der Waals surface area contributed by atoms with E-state index in [1.807, 2.05) is 0 Å². The van der Waals surface area contributed by atoms with Crippen LogP contribution in [0.1, 0.15) is 35.3 Å². The lowest BCUT2D eigenvalue weighted by atomic mass is 10.0. The number of nitrogens with two attached hydrogens (primary N) is 1. The number of ether oxygens (including phenoxy) is 9. The summed E-state index contributed by atoms with van der Waals surface area (Å²) in [5.41, 5.74) is 6.03. The molecule has 370 valence electrons. The number of hydrogen-bond acceptors (Lipinski definition) is 18. The molecule has 3 amide bonds. The van der Waals surface area contributed by atoms with Gasteiger partial charge in [-0.25, -0.2) is 9.97 Å². The minimum Gasteiger partial charge on any atom is -0.379 e. The van der Waals surface area contributed by atoms with Gasteiger partial charge in [-0.15, -0.1) is 19.3 Å². The quantitative estimate of drug-likeness (QED) is 0.0320. The topological polar surface area (TPSA) is 280 Å². The van der Waals surface area contributed by atoms with E-state index in [-0.39, 0.29) is 93.9 Å². The molecule has 3 aromatic rings. The first kappa shape index (κ1) is 56.1. The van der Waals surface area contributed by atoms with E-state index >= 15 is 0 Å². The molecule has 68 heavy (non-hydrogen) atoms. The fourth-order valence-corrected chi connectivity index (χ4v) is 5.77. The van der Waals surface area contributed by atoms with E-state index in [1.165, 1.54) is 6.20 Å². The van der Waals surface area contributed by atoms with E-state index in [4.69, 9.17) is 67.6 Å². The first-order valence-corrected chi connectivity index (χ1v) is 21.9. The summed E-state index contributed by atoms with van der Waals surface area (Å²) in [6.07, 6.45) is 18.2. The molecule has 0 fully saturated rings. The molecular formula is C46H63N9O13. The third kappa shape index (κ3) is 24.5. The van der Waals surface area contributed by atoms with Gasteiger partial charge >= 0.3 is 0 Å². The van der Waals surface area contributed by atoms with Gasteiger partial charge in [-0.2, -0.15) is 4.98 Å². The molecule has 2 aromatic heterocycles. The van der Waals surface area contributed by atoms with Crippen molar-refractivity contribution in [3.8, 4) is 37.0 Å². The second-order valence-corrected chi connectivity index (χ2v) is 14.5.